The number of rotatable bonds is 3. The van der Waals surface area contributed by atoms with Gasteiger partial charge in [0.25, 0.3) is 0 Å². The zero-order valence-corrected chi connectivity index (χ0v) is 13.3. The highest BCUT2D eigenvalue weighted by Gasteiger charge is 2.31. The lowest BCUT2D eigenvalue weighted by molar-refractivity contribution is -0.131. The number of nitrogens with one attached hydrogen (secondary N) is 1. The number of carbonyl (C=O) groups is 1. The van der Waals surface area contributed by atoms with Gasteiger partial charge in [0.2, 0.25) is 5.91 Å². The van der Waals surface area contributed by atoms with Crippen LogP contribution in [0.2, 0.25) is 0 Å². The summed E-state index contributed by atoms with van der Waals surface area (Å²) in [7, 11) is 0. The quantitative estimate of drug-likeness (QED) is 0.930. The van der Waals surface area contributed by atoms with E-state index in [0.717, 1.165) is 44.4 Å². The van der Waals surface area contributed by atoms with Crippen molar-refractivity contribution in [3.63, 3.8) is 0 Å². The molecule has 1 N–H and O–H groups in total. The standard InChI is InChI=1S/C15H22N2OS.ClH/c18-15(4-3-14-2-1-9-19-14)17-7-5-12-10-16-11-13(12)6-8-17;/h1-2,9,12-13,16H,3-8,10-11H2;1H/t12-,13+;. The fraction of sp³-hybridized carbons (Fsp3) is 0.667. The molecule has 1 amide bonds. The highest BCUT2D eigenvalue weighted by molar-refractivity contribution is 7.09. The van der Waals surface area contributed by atoms with E-state index in [0.29, 0.717) is 12.3 Å². The number of nitrogens with zero attached hydrogens (tertiary/aromatic N) is 1. The number of carbonyl (C=O) groups excluding carboxylic acids is 1. The molecular weight excluding hydrogens is 292 g/mol. The first-order valence-corrected chi connectivity index (χ1v) is 8.22. The Hall–Kier alpha value is -0.580. The zero-order valence-electron chi connectivity index (χ0n) is 11.7. The lowest BCUT2D eigenvalue weighted by Gasteiger charge is -2.20. The molecule has 2 saturated heterocycles. The monoisotopic (exact) mass is 314 g/mol. The van der Waals surface area contributed by atoms with Crippen LogP contribution < -0.4 is 5.32 Å². The van der Waals surface area contributed by atoms with E-state index < -0.39 is 0 Å². The summed E-state index contributed by atoms with van der Waals surface area (Å²) in [5.74, 6) is 1.95. The first kappa shape index (κ1) is 15.8. The number of amides is 1. The summed E-state index contributed by atoms with van der Waals surface area (Å²) in [5, 5.41) is 5.56. The van der Waals surface area contributed by atoms with Crippen LogP contribution in [-0.4, -0.2) is 37.0 Å². The minimum atomic E-state index is 0. The van der Waals surface area contributed by atoms with Gasteiger partial charge in [-0.05, 0) is 55.6 Å². The van der Waals surface area contributed by atoms with Crippen LogP contribution in [0, 0.1) is 11.8 Å². The van der Waals surface area contributed by atoms with E-state index in [4.69, 9.17) is 0 Å². The second-order valence-electron chi connectivity index (χ2n) is 5.72. The maximum absolute atomic E-state index is 12.3. The predicted octanol–water partition coefficient (Wildman–Crippen LogP) is 2.56. The van der Waals surface area contributed by atoms with Crippen molar-refractivity contribution in [2.24, 2.45) is 11.8 Å². The molecule has 2 aliphatic heterocycles. The SMILES string of the molecule is Cl.O=C(CCc1cccs1)N1CC[C@@H]2CNC[C@@H]2CC1. The van der Waals surface area contributed by atoms with Crippen LogP contribution in [0.15, 0.2) is 17.5 Å². The van der Waals surface area contributed by atoms with Crippen molar-refractivity contribution in [2.45, 2.75) is 25.7 Å². The van der Waals surface area contributed by atoms with Crippen LogP contribution in [0.5, 0.6) is 0 Å². The van der Waals surface area contributed by atoms with E-state index >= 15 is 0 Å². The summed E-state index contributed by atoms with van der Waals surface area (Å²) >= 11 is 1.75. The Morgan fingerprint density at radius 2 is 2.00 bits per heavy atom. The summed E-state index contributed by atoms with van der Waals surface area (Å²) in [6, 6.07) is 4.18. The van der Waals surface area contributed by atoms with Crippen molar-refractivity contribution in [2.75, 3.05) is 26.2 Å². The predicted molar refractivity (Wildman–Crippen MR) is 85.6 cm³/mol. The molecule has 0 unspecified atom stereocenters. The third-order valence-electron chi connectivity index (χ3n) is 4.54. The van der Waals surface area contributed by atoms with Crippen molar-refractivity contribution in [3.05, 3.63) is 22.4 Å². The van der Waals surface area contributed by atoms with E-state index in [2.05, 4.69) is 27.7 Å². The van der Waals surface area contributed by atoms with Crippen LogP contribution in [0.1, 0.15) is 24.1 Å². The van der Waals surface area contributed by atoms with Crippen molar-refractivity contribution in [1.29, 1.82) is 0 Å². The largest absolute Gasteiger partial charge is 0.343 e. The summed E-state index contributed by atoms with van der Waals surface area (Å²) < 4.78 is 0. The van der Waals surface area contributed by atoms with Gasteiger partial charge in [0.15, 0.2) is 0 Å². The molecular formula is C15H23ClN2OS. The molecule has 20 heavy (non-hydrogen) atoms. The van der Waals surface area contributed by atoms with Crippen LogP contribution in [0.3, 0.4) is 0 Å². The average molecular weight is 315 g/mol. The highest BCUT2D eigenvalue weighted by atomic mass is 35.5. The summed E-state index contributed by atoms with van der Waals surface area (Å²) in [6.45, 7) is 4.24. The minimum Gasteiger partial charge on any atom is -0.343 e. The van der Waals surface area contributed by atoms with Gasteiger partial charge in [-0.25, -0.2) is 0 Å². The molecule has 3 rings (SSSR count). The van der Waals surface area contributed by atoms with Gasteiger partial charge in [0.05, 0.1) is 0 Å². The number of hydrogen-bond donors (Lipinski definition) is 1. The Bertz CT molecular complexity index is 410. The topological polar surface area (TPSA) is 32.3 Å². The number of likely N-dealkylation sites (tertiary alicyclic amines) is 1. The molecule has 112 valence electrons. The van der Waals surface area contributed by atoms with Gasteiger partial charge in [0.1, 0.15) is 0 Å². The molecule has 0 radical (unpaired) electrons. The maximum atomic E-state index is 12.3. The summed E-state index contributed by atoms with van der Waals surface area (Å²) in [6.07, 6.45) is 3.94. The molecule has 3 heterocycles. The van der Waals surface area contributed by atoms with Crippen LogP contribution in [0.25, 0.3) is 0 Å². The average Bonchev–Trinajstić information content (AvgIpc) is 3.05. The van der Waals surface area contributed by atoms with E-state index in [1.54, 1.807) is 11.3 Å². The normalized spacial score (nSPS) is 25.7. The Labute approximate surface area is 131 Å². The van der Waals surface area contributed by atoms with Crippen molar-refractivity contribution < 1.29 is 4.79 Å². The molecule has 3 nitrogen and oxygen atoms in total. The highest BCUT2D eigenvalue weighted by Crippen LogP contribution is 2.27. The van der Waals surface area contributed by atoms with Gasteiger partial charge in [-0.2, -0.15) is 0 Å². The molecule has 0 aromatic carbocycles. The van der Waals surface area contributed by atoms with Gasteiger partial charge in [-0.3, -0.25) is 4.79 Å². The number of halogens is 1. The van der Waals surface area contributed by atoms with Crippen LogP contribution in [0.4, 0.5) is 0 Å². The Kier molecular flexibility index (Phi) is 5.87. The minimum absolute atomic E-state index is 0. The second kappa shape index (κ2) is 7.43. The van der Waals surface area contributed by atoms with Crippen LogP contribution >= 0.6 is 23.7 Å². The van der Waals surface area contributed by atoms with Crippen molar-refractivity contribution in [1.82, 2.24) is 10.2 Å². The zero-order chi connectivity index (χ0) is 13.1. The fourth-order valence-corrected chi connectivity index (χ4v) is 4.02. The second-order valence-corrected chi connectivity index (χ2v) is 6.75. The lowest BCUT2D eigenvalue weighted by atomic mass is 9.92. The first-order chi connectivity index (χ1) is 9.33. The third-order valence-corrected chi connectivity index (χ3v) is 5.47. The van der Waals surface area contributed by atoms with Gasteiger partial charge in [-0.1, -0.05) is 6.07 Å². The van der Waals surface area contributed by atoms with Gasteiger partial charge >= 0.3 is 0 Å². The van der Waals surface area contributed by atoms with E-state index in [1.807, 2.05) is 0 Å². The molecule has 5 heteroatoms. The van der Waals surface area contributed by atoms with E-state index in [9.17, 15) is 4.79 Å². The van der Waals surface area contributed by atoms with Crippen molar-refractivity contribution >= 4 is 29.7 Å². The van der Waals surface area contributed by atoms with E-state index in [1.165, 1.54) is 17.7 Å². The molecule has 1 aromatic rings. The smallest absolute Gasteiger partial charge is 0.222 e. The maximum Gasteiger partial charge on any atom is 0.222 e. The molecule has 2 atom stereocenters. The Morgan fingerprint density at radius 3 is 2.60 bits per heavy atom. The van der Waals surface area contributed by atoms with E-state index in [-0.39, 0.29) is 12.4 Å². The number of thiophene rings is 1. The number of hydrogen-bond acceptors (Lipinski definition) is 3. The van der Waals surface area contributed by atoms with Gasteiger partial charge in [0, 0.05) is 24.4 Å². The molecule has 0 bridgehead atoms. The fourth-order valence-electron chi connectivity index (χ4n) is 3.31. The third kappa shape index (κ3) is 3.74. The first-order valence-electron chi connectivity index (χ1n) is 7.34. The Morgan fingerprint density at radius 1 is 1.30 bits per heavy atom. The molecule has 0 aliphatic carbocycles. The summed E-state index contributed by atoms with van der Waals surface area (Å²) in [4.78, 5) is 15.7. The molecule has 0 saturated carbocycles. The van der Waals surface area contributed by atoms with Crippen molar-refractivity contribution in [3.8, 4) is 0 Å². The number of aryl methyl sites for hydroxylation is 1. The Balaban J connectivity index is 0.00000147. The molecule has 1 aromatic heterocycles. The van der Waals surface area contributed by atoms with Gasteiger partial charge in [-0.15, -0.1) is 23.7 Å². The van der Waals surface area contributed by atoms with Gasteiger partial charge < -0.3 is 10.2 Å². The van der Waals surface area contributed by atoms with Crippen LogP contribution in [-0.2, 0) is 11.2 Å². The number of fused-ring (bicyclic) bond motifs is 1. The molecule has 2 fully saturated rings. The summed E-state index contributed by atoms with van der Waals surface area (Å²) in [5.41, 5.74) is 0. The lowest BCUT2D eigenvalue weighted by Crippen LogP contribution is -2.32. The molecule has 2 aliphatic rings. The molecule has 0 spiro atoms.